The van der Waals surface area contributed by atoms with Gasteiger partial charge in [0.1, 0.15) is 17.0 Å². The van der Waals surface area contributed by atoms with Crippen molar-refractivity contribution in [2.24, 2.45) is 0 Å². The maximum Gasteiger partial charge on any atom is 0.149 e. The molecule has 0 atom stereocenters. The quantitative estimate of drug-likeness (QED) is 0.669. The van der Waals surface area contributed by atoms with Crippen LogP contribution in [0.2, 0.25) is 0 Å². The molecule has 0 bridgehead atoms. The SMILES string of the molecule is C=c1c(O)c2ncccc2c(O)c1=Cc1ccc(Br)cc1. The zero-order valence-corrected chi connectivity index (χ0v) is 12.6. The van der Waals surface area contributed by atoms with Crippen LogP contribution in [-0.4, -0.2) is 15.2 Å². The third-order valence-electron chi connectivity index (χ3n) is 3.33. The lowest BCUT2D eigenvalue weighted by Gasteiger charge is -2.05. The van der Waals surface area contributed by atoms with Gasteiger partial charge in [0, 0.05) is 26.5 Å². The monoisotopic (exact) mass is 341 g/mol. The summed E-state index contributed by atoms with van der Waals surface area (Å²) in [5, 5.41) is 22.0. The molecule has 3 rings (SSSR count). The van der Waals surface area contributed by atoms with Crippen molar-refractivity contribution in [1.82, 2.24) is 4.98 Å². The molecule has 0 unspecified atom stereocenters. The Labute approximate surface area is 129 Å². The number of pyridine rings is 1. The largest absolute Gasteiger partial charge is 0.507 e. The molecule has 2 N–H and O–H groups in total. The van der Waals surface area contributed by atoms with Gasteiger partial charge in [-0.15, -0.1) is 0 Å². The average molecular weight is 342 g/mol. The lowest BCUT2D eigenvalue weighted by molar-refractivity contribution is 0.461. The topological polar surface area (TPSA) is 53.4 Å². The normalized spacial score (nSPS) is 12.0. The molecule has 3 aromatic rings. The fourth-order valence-corrected chi connectivity index (χ4v) is 2.49. The Kier molecular flexibility index (Phi) is 3.39. The van der Waals surface area contributed by atoms with Crippen LogP contribution in [0.15, 0.2) is 47.1 Å². The van der Waals surface area contributed by atoms with Crippen molar-refractivity contribution >= 4 is 39.5 Å². The summed E-state index contributed by atoms with van der Waals surface area (Å²) in [7, 11) is 0. The molecule has 0 radical (unpaired) electrons. The second-order valence-electron chi connectivity index (χ2n) is 4.68. The first-order chi connectivity index (χ1) is 10.1. The molecule has 0 fully saturated rings. The van der Waals surface area contributed by atoms with Gasteiger partial charge in [0.2, 0.25) is 0 Å². The van der Waals surface area contributed by atoms with Crippen LogP contribution in [0.5, 0.6) is 11.5 Å². The predicted molar refractivity (Wildman–Crippen MR) is 87.6 cm³/mol. The van der Waals surface area contributed by atoms with Gasteiger partial charge in [0.15, 0.2) is 0 Å². The van der Waals surface area contributed by atoms with Crippen molar-refractivity contribution in [2.45, 2.75) is 0 Å². The first kappa shape index (κ1) is 13.6. The Bertz CT molecular complexity index is 934. The van der Waals surface area contributed by atoms with Gasteiger partial charge in [-0.25, -0.2) is 0 Å². The number of benzene rings is 2. The van der Waals surface area contributed by atoms with E-state index in [0.29, 0.717) is 21.3 Å². The van der Waals surface area contributed by atoms with Gasteiger partial charge < -0.3 is 10.2 Å². The van der Waals surface area contributed by atoms with Crippen molar-refractivity contribution in [3.63, 3.8) is 0 Å². The van der Waals surface area contributed by atoms with E-state index < -0.39 is 0 Å². The fourth-order valence-electron chi connectivity index (χ4n) is 2.22. The van der Waals surface area contributed by atoms with Crippen LogP contribution < -0.4 is 10.4 Å². The molecule has 0 spiro atoms. The molecule has 0 amide bonds. The van der Waals surface area contributed by atoms with E-state index in [2.05, 4.69) is 27.5 Å². The summed E-state index contributed by atoms with van der Waals surface area (Å²) in [5.74, 6) is 0.0654. The van der Waals surface area contributed by atoms with E-state index in [1.54, 1.807) is 24.4 Å². The number of aromatic nitrogens is 1. The summed E-state index contributed by atoms with van der Waals surface area (Å²) in [6.07, 6.45) is 3.36. The summed E-state index contributed by atoms with van der Waals surface area (Å²) in [6.45, 7) is 3.85. The molecular weight excluding hydrogens is 330 g/mol. The van der Waals surface area contributed by atoms with Crippen molar-refractivity contribution in [2.75, 3.05) is 0 Å². The van der Waals surface area contributed by atoms with E-state index in [1.807, 2.05) is 24.3 Å². The minimum atomic E-state index is -0.00763. The third kappa shape index (κ3) is 2.38. The first-order valence-electron chi connectivity index (χ1n) is 6.33. The molecule has 21 heavy (non-hydrogen) atoms. The van der Waals surface area contributed by atoms with Crippen molar-refractivity contribution in [3.8, 4) is 11.5 Å². The Hall–Kier alpha value is -2.33. The van der Waals surface area contributed by atoms with Gasteiger partial charge in [-0.1, -0.05) is 34.6 Å². The zero-order valence-electron chi connectivity index (χ0n) is 11.0. The van der Waals surface area contributed by atoms with Crippen LogP contribution in [0.1, 0.15) is 5.56 Å². The van der Waals surface area contributed by atoms with E-state index in [4.69, 9.17) is 0 Å². The van der Waals surface area contributed by atoms with E-state index >= 15 is 0 Å². The fraction of sp³-hybridized carbons (Fsp3) is 0. The highest BCUT2D eigenvalue weighted by Gasteiger charge is 2.09. The van der Waals surface area contributed by atoms with Gasteiger partial charge in [-0.3, -0.25) is 4.98 Å². The summed E-state index contributed by atoms with van der Waals surface area (Å²) >= 11 is 3.38. The number of halogens is 1. The second kappa shape index (κ2) is 5.22. The zero-order chi connectivity index (χ0) is 15.0. The molecule has 104 valence electrons. The summed E-state index contributed by atoms with van der Waals surface area (Å²) in [6, 6.07) is 11.1. The molecule has 1 aromatic heterocycles. The van der Waals surface area contributed by atoms with Crippen molar-refractivity contribution in [3.05, 3.63) is 63.1 Å². The number of aromatic hydroxyl groups is 2. The van der Waals surface area contributed by atoms with E-state index in [1.165, 1.54) is 0 Å². The molecule has 3 nitrogen and oxygen atoms in total. The smallest absolute Gasteiger partial charge is 0.149 e. The number of fused-ring (bicyclic) bond motifs is 1. The van der Waals surface area contributed by atoms with Crippen LogP contribution >= 0.6 is 15.9 Å². The van der Waals surface area contributed by atoms with Gasteiger partial charge in [-0.05, 0) is 35.9 Å². The first-order valence-corrected chi connectivity index (χ1v) is 7.12. The minimum absolute atomic E-state index is 0.00763. The van der Waals surface area contributed by atoms with Crippen molar-refractivity contribution in [1.29, 1.82) is 0 Å². The molecule has 0 saturated carbocycles. The highest BCUT2D eigenvalue weighted by molar-refractivity contribution is 9.10. The average Bonchev–Trinajstić information content (AvgIpc) is 2.51. The maximum absolute atomic E-state index is 10.4. The lowest BCUT2D eigenvalue weighted by atomic mass is 10.1. The van der Waals surface area contributed by atoms with Crippen LogP contribution in [0.3, 0.4) is 0 Å². The number of rotatable bonds is 1. The Balaban J connectivity index is 2.38. The molecule has 0 saturated heterocycles. The highest BCUT2D eigenvalue weighted by atomic mass is 79.9. The van der Waals surface area contributed by atoms with Crippen LogP contribution in [-0.2, 0) is 0 Å². The van der Waals surface area contributed by atoms with Gasteiger partial charge in [-0.2, -0.15) is 0 Å². The second-order valence-corrected chi connectivity index (χ2v) is 5.60. The van der Waals surface area contributed by atoms with E-state index in [0.717, 1.165) is 10.0 Å². The molecule has 1 heterocycles. The third-order valence-corrected chi connectivity index (χ3v) is 3.86. The van der Waals surface area contributed by atoms with Crippen molar-refractivity contribution < 1.29 is 10.2 Å². The van der Waals surface area contributed by atoms with Crippen LogP contribution in [0.25, 0.3) is 23.6 Å². The molecule has 0 aliphatic rings. The Morgan fingerprint density at radius 1 is 1.05 bits per heavy atom. The lowest BCUT2D eigenvalue weighted by Crippen LogP contribution is -2.24. The number of hydrogen-bond acceptors (Lipinski definition) is 3. The van der Waals surface area contributed by atoms with Gasteiger partial charge in [0.25, 0.3) is 0 Å². The summed E-state index contributed by atoms with van der Waals surface area (Å²) < 4.78 is 0.976. The minimum Gasteiger partial charge on any atom is -0.507 e. The molecule has 4 heteroatoms. The standard InChI is InChI=1S/C17H12BrNO2/c1-10-14(9-11-4-6-12(18)7-5-11)17(21)13-3-2-8-19-15(13)16(10)20/h2-9,20-21H,1H2. The maximum atomic E-state index is 10.4. The number of hydrogen-bond donors (Lipinski definition) is 2. The number of phenols is 2. The number of phenolic OH excluding ortho intramolecular Hbond substituents is 2. The molecular formula is C17H12BrNO2. The molecule has 0 aliphatic carbocycles. The van der Waals surface area contributed by atoms with Gasteiger partial charge >= 0.3 is 0 Å². The van der Waals surface area contributed by atoms with Crippen LogP contribution in [0.4, 0.5) is 0 Å². The summed E-state index contributed by atoms with van der Waals surface area (Å²) in [5.41, 5.74) is 1.26. The van der Waals surface area contributed by atoms with Crippen LogP contribution in [0, 0.1) is 0 Å². The molecule has 0 aliphatic heterocycles. The number of nitrogens with zero attached hydrogens (tertiary/aromatic N) is 1. The highest BCUT2D eigenvalue weighted by Crippen LogP contribution is 2.23. The Morgan fingerprint density at radius 3 is 2.48 bits per heavy atom. The summed E-state index contributed by atoms with van der Waals surface area (Å²) in [4.78, 5) is 4.09. The molecule has 2 aromatic carbocycles. The Morgan fingerprint density at radius 2 is 1.76 bits per heavy atom. The predicted octanol–water partition coefficient (Wildman–Crippen LogP) is 2.65. The van der Waals surface area contributed by atoms with Gasteiger partial charge in [0.05, 0.1) is 0 Å². The van der Waals surface area contributed by atoms with E-state index in [-0.39, 0.29) is 11.5 Å². The van der Waals surface area contributed by atoms with E-state index in [9.17, 15) is 10.2 Å².